The number of imidazole rings is 1. The first-order valence-corrected chi connectivity index (χ1v) is 22.1. The van der Waals surface area contributed by atoms with Gasteiger partial charge in [-0.25, -0.2) is 4.98 Å². The van der Waals surface area contributed by atoms with Crippen molar-refractivity contribution in [2.24, 2.45) is 0 Å². The minimum atomic E-state index is -0.327. The highest BCUT2D eigenvalue weighted by molar-refractivity contribution is 6.09. The average molecular weight is 827 g/mol. The van der Waals surface area contributed by atoms with Gasteiger partial charge in [0.15, 0.2) is 0 Å². The molecule has 0 saturated heterocycles. The number of rotatable bonds is 9. The minimum Gasteiger partial charge on any atom is -0.458 e. The Labute approximate surface area is 373 Å². The standard InChI is InChI=1S/C58H58N4O/c1-55(2,3)43-31-32-59-54(35-43)62-51-24-18-17-23-49(51)50-30-29-47(37-52(50)62)63-48-34-44(58(9,10)41-21-15-12-16-22-41)33-46(36-48)60-38-53(56(4,5)6)61(39-60)45-27-25-42(26-28-45)57(7,8)40-19-13-11-14-20-40/h11-38H,1-10H3. The van der Waals surface area contributed by atoms with Crippen LogP contribution >= 0.6 is 0 Å². The molecular weight excluding hydrogens is 769 g/mol. The number of fused-ring (bicyclic) bond motifs is 3. The number of hydrogen-bond donors (Lipinski definition) is 0. The number of para-hydroxylation sites is 1. The Kier molecular flexibility index (Phi) is 10.3. The van der Waals surface area contributed by atoms with Crippen molar-refractivity contribution < 1.29 is 9.30 Å². The van der Waals surface area contributed by atoms with Crippen molar-refractivity contribution >= 4 is 21.8 Å². The summed E-state index contributed by atoms with van der Waals surface area (Å²) in [5, 5.41) is 2.33. The van der Waals surface area contributed by atoms with Crippen LogP contribution in [0.3, 0.4) is 0 Å². The minimum absolute atomic E-state index is 0.0185. The third kappa shape index (κ3) is 7.86. The van der Waals surface area contributed by atoms with Gasteiger partial charge in [-0.05, 0) is 99.3 Å². The van der Waals surface area contributed by atoms with Crippen molar-refractivity contribution in [3.8, 4) is 28.7 Å². The molecule has 0 bridgehead atoms. The van der Waals surface area contributed by atoms with Gasteiger partial charge in [-0.1, -0.05) is 160 Å². The summed E-state index contributed by atoms with van der Waals surface area (Å²) in [6, 6.07) is 56.4. The Morgan fingerprint density at radius 3 is 1.75 bits per heavy atom. The zero-order valence-electron chi connectivity index (χ0n) is 38.4. The maximum Gasteiger partial charge on any atom is 0.269 e. The molecule has 3 aromatic heterocycles. The molecule has 0 atom stereocenters. The quantitative estimate of drug-likeness (QED) is 0.107. The molecule has 0 aliphatic heterocycles. The summed E-state index contributed by atoms with van der Waals surface area (Å²) in [4.78, 5) is 4.91. The van der Waals surface area contributed by atoms with Gasteiger partial charge in [-0.15, -0.1) is 0 Å². The lowest BCUT2D eigenvalue weighted by Crippen LogP contribution is -2.38. The maximum atomic E-state index is 6.99. The molecule has 0 saturated carbocycles. The predicted molar refractivity (Wildman–Crippen MR) is 259 cm³/mol. The van der Waals surface area contributed by atoms with E-state index in [4.69, 9.17) is 9.72 Å². The predicted octanol–water partition coefficient (Wildman–Crippen LogP) is 14.1. The van der Waals surface area contributed by atoms with Crippen LogP contribution in [0.1, 0.15) is 103 Å². The molecule has 0 unspecified atom stereocenters. The van der Waals surface area contributed by atoms with Crippen LogP contribution in [0.2, 0.25) is 0 Å². The summed E-state index contributed by atoms with van der Waals surface area (Å²) in [6.07, 6.45) is 7.92. The molecule has 6 aromatic carbocycles. The van der Waals surface area contributed by atoms with Crippen LogP contribution in [0, 0.1) is 6.33 Å². The number of hydrogen-bond acceptors (Lipinski definition) is 2. The Balaban J connectivity index is 1.16. The average Bonchev–Trinajstić information content (AvgIpc) is 3.88. The Morgan fingerprint density at radius 1 is 0.492 bits per heavy atom. The van der Waals surface area contributed by atoms with E-state index in [-0.39, 0.29) is 21.7 Å². The lowest BCUT2D eigenvalue weighted by molar-refractivity contribution is -0.611. The molecule has 63 heavy (non-hydrogen) atoms. The summed E-state index contributed by atoms with van der Waals surface area (Å²) < 4.78 is 13.6. The summed E-state index contributed by atoms with van der Waals surface area (Å²) >= 11 is 0. The van der Waals surface area contributed by atoms with Crippen LogP contribution in [0.4, 0.5) is 0 Å². The summed E-state index contributed by atoms with van der Waals surface area (Å²) in [5.74, 6) is 2.39. The molecule has 9 rings (SSSR count). The molecule has 5 nitrogen and oxygen atoms in total. The van der Waals surface area contributed by atoms with Gasteiger partial charge >= 0.3 is 0 Å². The van der Waals surface area contributed by atoms with E-state index in [1.54, 1.807) is 0 Å². The first-order chi connectivity index (χ1) is 30.0. The fourth-order valence-corrected chi connectivity index (χ4v) is 8.84. The number of nitrogens with zero attached hydrogens (tertiary/aromatic N) is 4. The molecule has 0 spiro atoms. The van der Waals surface area contributed by atoms with Crippen molar-refractivity contribution in [2.75, 3.05) is 0 Å². The van der Waals surface area contributed by atoms with Crippen LogP contribution in [0.25, 0.3) is 39.0 Å². The highest BCUT2D eigenvalue weighted by atomic mass is 16.5. The smallest absolute Gasteiger partial charge is 0.269 e. The van der Waals surface area contributed by atoms with Crippen LogP contribution in [0.15, 0.2) is 170 Å². The zero-order chi connectivity index (χ0) is 44.3. The molecule has 0 fully saturated rings. The van der Waals surface area contributed by atoms with Gasteiger partial charge in [0.05, 0.1) is 28.1 Å². The molecule has 316 valence electrons. The van der Waals surface area contributed by atoms with Gasteiger partial charge in [0.1, 0.15) is 17.3 Å². The van der Waals surface area contributed by atoms with E-state index in [0.29, 0.717) is 0 Å². The molecule has 0 aliphatic carbocycles. The monoisotopic (exact) mass is 826 g/mol. The summed E-state index contributed by atoms with van der Waals surface area (Å²) in [6.45, 7) is 22.7. The van der Waals surface area contributed by atoms with Crippen molar-refractivity contribution in [3.63, 3.8) is 0 Å². The van der Waals surface area contributed by atoms with Crippen LogP contribution in [0.5, 0.6) is 11.5 Å². The Bertz CT molecular complexity index is 3080. The van der Waals surface area contributed by atoms with Gasteiger partial charge in [-0.2, -0.15) is 0 Å². The molecule has 9 aromatic rings. The molecule has 0 radical (unpaired) electrons. The Hall–Kier alpha value is -6.72. The molecular formula is C58H58N4O. The van der Waals surface area contributed by atoms with Gasteiger partial charge in [-0.3, -0.25) is 13.7 Å². The molecule has 0 aliphatic rings. The second kappa shape index (κ2) is 15.6. The fourth-order valence-electron chi connectivity index (χ4n) is 8.84. The van der Waals surface area contributed by atoms with Gasteiger partial charge in [0.2, 0.25) is 0 Å². The van der Waals surface area contributed by atoms with Crippen molar-refractivity contribution in [1.82, 2.24) is 14.1 Å². The van der Waals surface area contributed by atoms with Crippen LogP contribution < -0.4 is 9.30 Å². The van der Waals surface area contributed by atoms with Crippen molar-refractivity contribution in [1.29, 1.82) is 0 Å². The molecule has 0 N–H and O–H groups in total. The topological polar surface area (TPSA) is 35.9 Å². The normalized spacial score (nSPS) is 12.6. The van der Waals surface area contributed by atoms with E-state index in [0.717, 1.165) is 56.4 Å². The van der Waals surface area contributed by atoms with Crippen LogP contribution in [-0.2, 0) is 21.7 Å². The maximum absolute atomic E-state index is 6.99. The molecule has 0 amide bonds. The summed E-state index contributed by atoms with van der Waals surface area (Å²) in [5.41, 5.74) is 10.8. The van der Waals surface area contributed by atoms with E-state index in [9.17, 15) is 0 Å². The van der Waals surface area contributed by atoms with Gasteiger partial charge < -0.3 is 4.74 Å². The third-order valence-electron chi connectivity index (χ3n) is 12.9. The van der Waals surface area contributed by atoms with Gasteiger partial charge in [0.25, 0.3) is 6.33 Å². The molecule has 3 heterocycles. The number of benzene rings is 6. The highest BCUT2D eigenvalue weighted by Crippen LogP contribution is 2.39. The fraction of sp³-hybridized carbons (Fsp3) is 0.241. The third-order valence-corrected chi connectivity index (χ3v) is 12.9. The second-order valence-electron chi connectivity index (χ2n) is 20.1. The van der Waals surface area contributed by atoms with E-state index < -0.39 is 0 Å². The first-order valence-electron chi connectivity index (χ1n) is 22.1. The second-order valence-corrected chi connectivity index (χ2v) is 20.1. The van der Waals surface area contributed by atoms with Crippen molar-refractivity contribution in [2.45, 2.75) is 90.9 Å². The van der Waals surface area contributed by atoms with E-state index in [1.807, 2.05) is 6.20 Å². The van der Waals surface area contributed by atoms with E-state index in [1.165, 1.54) is 27.6 Å². The summed E-state index contributed by atoms with van der Waals surface area (Å²) in [7, 11) is 0. The van der Waals surface area contributed by atoms with Crippen molar-refractivity contribution in [3.05, 3.63) is 210 Å². The first kappa shape index (κ1) is 41.6. The lowest BCUT2D eigenvalue weighted by atomic mass is 9.78. The van der Waals surface area contributed by atoms with E-state index in [2.05, 4.69) is 253 Å². The lowest BCUT2D eigenvalue weighted by Gasteiger charge is -2.27. The highest BCUT2D eigenvalue weighted by Gasteiger charge is 2.28. The number of pyridine rings is 1. The SMILES string of the molecule is CC(C)(C)c1ccnc(-n2c3ccccc3c3ccc(Oc4cc(-n5[c-][n+](-c6ccc(C(C)(C)c7ccccc7)cc6)c(C(C)(C)C)c5)cc(C(C)(C)c5ccccc5)c4)cc32)c1. The Morgan fingerprint density at radius 2 is 1.10 bits per heavy atom. The van der Waals surface area contributed by atoms with Gasteiger partial charge in [0, 0.05) is 40.1 Å². The van der Waals surface area contributed by atoms with E-state index >= 15 is 0 Å². The largest absolute Gasteiger partial charge is 0.458 e. The zero-order valence-corrected chi connectivity index (χ0v) is 38.4. The number of ether oxygens (including phenoxy) is 1. The molecule has 5 heteroatoms. The van der Waals surface area contributed by atoms with Crippen LogP contribution in [-0.4, -0.2) is 14.1 Å². The number of aromatic nitrogens is 4.